The Kier molecular flexibility index (Phi) is 5.11. The van der Waals surface area contributed by atoms with Gasteiger partial charge < -0.3 is 24.8 Å². The summed E-state index contributed by atoms with van der Waals surface area (Å²) in [5, 5.41) is 26.1. The van der Waals surface area contributed by atoms with Gasteiger partial charge in [-0.05, 0) is 50.4 Å². The zero-order chi connectivity index (χ0) is 22.6. The third-order valence-corrected chi connectivity index (χ3v) is 6.54. The Morgan fingerprint density at radius 2 is 2.09 bits per heavy atom. The second kappa shape index (κ2) is 7.72. The van der Waals surface area contributed by atoms with E-state index in [9.17, 15) is 23.4 Å². The highest BCUT2D eigenvalue weighted by Crippen LogP contribution is 2.45. The quantitative estimate of drug-likeness (QED) is 0.532. The number of aliphatic hydroxyl groups is 2. The van der Waals surface area contributed by atoms with E-state index in [1.54, 1.807) is 10.8 Å². The van der Waals surface area contributed by atoms with Gasteiger partial charge in [0, 0.05) is 23.7 Å². The maximum Gasteiger partial charge on any atom is 0.266 e. The van der Waals surface area contributed by atoms with E-state index >= 15 is 0 Å². The van der Waals surface area contributed by atoms with E-state index < -0.39 is 35.7 Å². The van der Waals surface area contributed by atoms with Gasteiger partial charge in [0.2, 0.25) is 0 Å². The molecule has 1 fully saturated rings. The first-order valence-corrected chi connectivity index (χ1v) is 10.5. The molecule has 7 nitrogen and oxygen atoms in total. The van der Waals surface area contributed by atoms with Crippen molar-refractivity contribution in [3.63, 3.8) is 0 Å². The average Bonchev–Trinajstić information content (AvgIpc) is 3.32. The van der Waals surface area contributed by atoms with Gasteiger partial charge in [-0.3, -0.25) is 0 Å². The minimum atomic E-state index is -3.04. The molecule has 0 saturated heterocycles. The van der Waals surface area contributed by atoms with Crippen molar-refractivity contribution in [3.8, 4) is 5.75 Å². The van der Waals surface area contributed by atoms with E-state index in [1.165, 1.54) is 6.33 Å². The van der Waals surface area contributed by atoms with Gasteiger partial charge >= 0.3 is 0 Å². The molecule has 3 unspecified atom stereocenters. The standard InChI is InChI=1S/C22H23F3N4O3/c1-11-12-5-7-29(21(12)28-10-27-11)17-2-3-18(30)22(17,31)32-16-8-14(20(24)25)19(23)13-4-6-26-9-15(13)16/h5,7-8,10,17-18,20,26,30-31H,2-4,6,9H2,1H3. The van der Waals surface area contributed by atoms with E-state index in [0.29, 0.717) is 24.2 Å². The molecule has 0 spiro atoms. The fraction of sp³-hybridized carbons (Fsp3) is 0.455. The highest BCUT2D eigenvalue weighted by atomic mass is 19.3. The number of hydrogen-bond donors (Lipinski definition) is 3. The van der Waals surface area contributed by atoms with Crippen LogP contribution in [0.1, 0.15) is 47.7 Å². The minimum absolute atomic E-state index is 0.0559. The lowest BCUT2D eigenvalue weighted by Gasteiger charge is -2.36. The van der Waals surface area contributed by atoms with Crippen molar-refractivity contribution in [3.05, 3.63) is 52.9 Å². The molecule has 0 amide bonds. The first-order chi connectivity index (χ1) is 15.3. The minimum Gasteiger partial charge on any atom is -0.457 e. The molecule has 5 rings (SSSR count). The summed E-state index contributed by atoms with van der Waals surface area (Å²) in [6.07, 6.45) is -0.348. The average molecular weight is 448 g/mol. The lowest BCUT2D eigenvalue weighted by molar-refractivity contribution is -0.209. The highest BCUT2D eigenvalue weighted by Gasteiger charge is 2.53. The maximum atomic E-state index is 14.7. The van der Waals surface area contributed by atoms with E-state index in [1.807, 2.05) is 13.0 Å². The molecule has 0 bridgehead atoms. The highest BCUT2D eigenvalue weighted by molar-refractivity contribution is 5.78. The van der Waals surface area contributed by atoms with Gasteiger partial charge in [-0.15, -0.1) is 0 Å². The number of benzene rings is 1. The smallest absolute Gasteiger partial charge is 0.266 e. The molecule has 3 atom stereocenters. The van der Waals surface area contributed by atoms with Crippen molar-refractivity contribution in [2.24, 2.45) is 0 Å². The zero-order valence-corrected chi connectivity index (χ0v) is 17.4. The van der Waals surface area contributed by atoms with Crippen molar-refractivity contribution in [2.45, 2.75) is 57.1 Å². The fourth-order valence-electron chi connectivity index (χ4n) is 4.83. The summed E-state index contributed by atoms with van der Waals surface area (Å²) in [7, 11) is 0. The van der Waals surface area contributed by atoms with Crippen LogP contribution in [0.3, 0.4) is 0 Å². The number of nitrogens with zero attached hydrogens (tertiary/aromatic N) is 3. The number of aryl methyl sites for hydroxylation is 1. The molecule has 3 heterocycles. The molecule has 170 valence electrons. The number of halogens is 3. The van der Waals surface area contributed by atoms with E-state index in [0.717, 1.165) is 17.1 Å². The van der Waals surface area contributed by atoms with Gasteiger partial charge in [0.05, 0.1) is 11.3 Å². The topological polar surface area (TPSA) is 92.4 Å². The number of aliphatic hydroxyl groups excluding tert-OH is 1. The van der Waals surface area contributed by atoms with Gasteiger partial charge in [0.1, 0.15) is 35.7 Å². The van der Waals surface area contributed by atoms with Gasteiger partial charge in [-0.25, -0.2) is 23.1 Å². The normalized spacial score (nSPS) is 25.5. The van der Waals surface area contributed by atoms with Crippen LogP contribution in [0.4, 0.5) is 13.2 Å². The summed E-state index contributed by atoms with van der Waals surface area (Å²) < 4.78 is 49.4. The molecule has 1 saturated carbocycles. The number of ether oxygens (including phenoxy) is 1. The molecule has 3 aromatic rings. The van der Waals surface area contributed by atoms with Crippen LogP contribution in [0.2, 0.25) is 0 Å². The Bertz CT molecular complexity index is 1180. The first-order valence-electron chi connectivity index (χ1n) is 10.5. The fourth-order valence-corrected chi connectivity index (χ4v) is 4.83. The second-order valence-electron chi connectivity index (χ2n) is 8.34. The van der Waals surface area contributed by atoms with Crippen LogP contribution >= 0.6 is 0 Å². The van der Waals surface area contributed by atoms with E-state index in [2.05, 4.69) is 15.3 Å². The number of hydrogen-bond acceptors (Lipinski definition) is 6. The Balaban J connectivity index is 1.60. The molecule has 1 aliphatic heterocycles. The predicted octanol–water partition coefficient (Wildman–Crippen LogP) is 2.93. The molecule has 2 aliphatic rings. The second-order valence-corrected chi connectivity index (χ2v) is 8.34. The number of nitrogens with one attached hydrogen (secondary N) is 1. The summed E-state index contributed by atoms with van der Waals surface area (Å²) >= 11 is 0. The molecular weight excluding hydrogens is 425 g/mol. The van der Waals surface area contributed by atoms with Crippen molar-refractivity contribution < 1.29 is 28.1 Å². The van der Waals surface area contributed by atoms with Crippen LogP contribution in [-0.2, 0) is 13.0 Å². The van der Waals surface area contributed by atoms with E-state index in [-0.39, 0.29) is 30.7 Å². The molecule has 1 aromatic carbocycles. The Hall–Kier alpha value is -2.69. The molecule has 2 aromatic heterocycles. The maximum absolute atomic E-state index is 14.7. The monoisotopic (exact) mass is 448 g/mol. The first kappa shape index (κ1) is 21.2. The Labute approximate surface area is 181 Å². The molecule has 32 heavy (non-hydrogen) atoms. The van der Waals surface area contributed by atoms with Crippen LogP contribution in [-0.4, -0.2) is 43.2 Å². The number of aromatic nitrogens is 3. The van der Waals surface area contributed by atoms with Crippen molar-refractivity contribution in [1.82, 2.24) is 19.9 Å². The van der Waals surface area contributed by atoms with E-state index in [4.69, 9.17) is 4.74 Å². The Morgan fingerprint density at radius 1 is 1.28 bits per heavy atom. The number of rotatable bonds is 4. The van der Waals surface area contributed by atoms with Gasteiger partial charge in [0.25, 0.3) is 12.2 Å². The summed E-state index contributed by atoms with van der Waals surface area (Å²) in [6, 6.07) is 2.01. The Morgan fingerprint density at radius 3 is 2.88 bits per heavy atom. The third kappa shape index (κ3) is 3.16. The zero-order valence-electron chi connectivity index (χ0n) is 17.4. The molecule has 1 aliphatic carbocycles. The molecule has 0 radical (unpaired) electrons. The summed E-state index contributed by atoms with van der Waals surface area (Å²) in [5.74, 6) is -3.12. The van der Waals surface area contributed by atoms with Crippen molar-refractivity contribution in [1.29, 1.82) is 0 Å². The third-order valence-electron chi connectivity index (χ3n) is 6.54. The van der Waals surface area contributed by atoms with Crippen LogP contribution in [0.5, 0.6) is 5.75 Å². The lowest BCUT2D eigenvalue weighted by Crippen LogP contribution is -2.49. The van der Waals surface area contributed by atoms with Crippen LogP contribution in [0.25, 0.3) is 11.0 Å². The van der Waals surface area contributed by atoms with Crippen LogP contribution in [0, 0.1) is 12.7 Å². The van der Waals surface area contributed by atoms with Gasteiger partial charge in [0.15, 0.2) is 0 Å². The lowest BCUT2D eigenvalue weighted by atomic mass is 9.96. The van der Waals surface area contributed by atoms with Crippen molar-refractivity contribution >= 4 is 11.0 Å². The van der Waals surface area contributed by atoms with Crippen LogP contribution < -0.4 is 10.1 Å². The van der Waals surface area contributed by atoms with Gasteiger partial charge in [-0.1, -0.05) is 0 Å². The summed E-state index contributed by atoms with van der Waals surface area (Å²) in [4.78, 5) is 8.48. The molecule has 10 heteroatoms. The SMILES string of the molecule is Cc1ncnc2c1ccn2C1CCC(O)C1(O)Oc1cc(C(F)F)c(F)c2c1CNCC2. The predicted molar refractivity (Wildman–Crippen MR) is 109 cm³/mol. The molecule has 3 N–H and O–H groups in total. The largest absolute Gasteiger partial charge is 0.457 e. The summed E-state index contributed by atoms with van der Waals surface area (Å²) in [5.41, 5.74) is 1.08. The van der Waals surface area contributed by atoms with Crippen molar-refractivity contribution in [2.75, 3.05) is 6.54 Å². The number of alkyl halides is 2. The number of fused-ring (bicyclic) bond motifs is 2. The van der Waals surface area contributed by atoms with Gasteiger partial charge in [-0.2, -0.15) is 0 Å². The summed E-state index contributed by atoms with van der Waals surface area (Å²) in [6.45, 7) is 2.49. The molecular formula is C22H23F3N4O3. The van der Waals surface area contributed by atoms with Crippen LogP contribution in [0.15, 0.2) is 24.7 Å².